The second-order valence-corrected chi connectivity index (χ2v) is 7.42. The maximum absolute atomic E-state index is 12.3. The molecule has 2 N–H and O–H groups in total. The van der Waals surface area contributed by atoms with Gasteiger partial charge in [0.2, 0.25) is 11.7 Å². The van der Waals surface area contributed by atoms with E-state index in [1.807, 2.05) is 36.4 Å². The van der Waals surface area contributed by atoms with E-state index in [0.29, 0.717) is 49.6 Å². The number of aryl methyl sites for hydroxylation is 1. The predicted octanol–water partition coefficient (Wildman–Crippen LogP) is 2.96. The van der Waals surface area contributed by atoms with Crippen LogP contribution in [0.1, 0.15) is 34.5 Å². The third-order valence-corrected chi connectivity index (χ3v) is 4.93. The Labute approximate surface area is 190 Å². The van der Waals surface area contributed by atoms with Crippen LogP contribution in [0.3, 0.4) is 0 Å². The van der Waals surface area contributed by atoms with Gasteiger partial charge in [0, 0.05) is 24.1 Å². The minimum absolute atomic E-state index is 0.0777. The molecule has 33 heavy (non-hydrogen) atoms. The average molecular weight is 444 g/mol. The van der Waals surface area contributed by atoms with E-state index in [1.54, 1.807) is 36.6 Å². The first kappa shape index (κ1) is 21.9. The van der Waals surface area contributed by atoms with Crippen molar-refractivity contribution in [1.29, 1.82) is 0 Å². The van der Waals surface area contributed by atoms with Crippen LogP contribution >= 0.6 is 0 Å². The molecule has 0 fully saturated rings. The molecule has 168 valence electrons. The van der Waals surface area contributed by atoms with Gasteiger partial charge in [-0.05, 0) is 41.5 Å². The molecule has 0 saturated carbocycles. The van der Waals surface area contributed by atoms with Crippen LogP contribution in [-0.4, -0.2) is 32.0 Å². The second kappa shape index (κ2) is 10.9. The van der Waals surface area contributed by atoms with Crippen molar-refractivity contribution >= 4 is 11.8 Å². The molecule has 9 nitrogen and oxygen atoms in total. The molecule has 0 bridgehead atoms. The Hall–Kier alpha value is -4.27. The predicted molar refractivity (Wildman–Crippen MR) is 121 cm³/mol. The van der Waals surface area contributed by atoms with Crippen LogP contribution in [0.2, 0.25) is 0 Å². The van der Waals surface area contributed by atoms with Gasteiger partial charge in [-0.2, -0.15) is 4.80 Å². The Morgan fingerprint density at radius 2 is 1.82 bits per heavy atom. The minimum Gasteiger partial charge on any atom is -0.467 e. The van der Waals surface area contributed by atoms with Crippen LogP contribution in [-0.2, 0) is 24.4 Å². The fourth-order valence-electron chi connectivity index (χ4n) is 3.22. The van der Waals surface area contributed by atoms with Gasteiger partial charge >= 0.3 is 0 Å². The number of carbonyl (C=O) groups excluding carboxylic acids is 2. The summed E-state index contributed by atoms with van der Waals surface area (Å²) in [5.41, 5.74) is 2.28. The number of carbonyl (C=O) groups is 2. The Balaban J connectivity index is 1.19. The zero-order chi connectivity index (χ0) is 22.9. The molecule has 9 heteroatoms. The first-order valence-corrected chi connectivity index (χ1v) is 10.7. The molecular weight excluding hydrogens is 420 g/mol. The molecule has 0 aliphatic carbocycles. The van der Waals surface area contributed by atoms with Crippen LogP contribution in [0, 0.1) is 0 Å². The summed E-state index contributed by atoms with van der Waals surface area (Å²) >= 11 is 0. The fourth-order valence-corrected chi connectivity index (χ4v) is 3.22. The van der Waals surface area contributed by atoms with Crippen molar-refractivity contribution in [3.05, 3.63) is 89.9 Å². The van der Waals surface area contributed by atoms with Crippen LogP contribution in [0.25, 0.3) is 11.4 Å². The zero-order valence-corrected chi connectivity index (χ0v) is 18.0. The van der Waals surface area contributed by atoms with Crippen molar-refractivity contribution in [2.75, 3.05) is 0 Å². The van der Waals surface area contributed by atoms with Crippen LogP contribution < -0.4 is 10.6 Å². The number of nitrogens with zero attached hydrogens (tertiary/aromatic N) is 4. The monoisotopic (exact) mass is 444 g/mol. The van der Waals surface area contributed by atoms with Crippen LogP contribution in [0.4, 0.5) is 0 Å². The molecule has 2 aromatic carbocycles. The number of nitrogens with one attached hydrogen (secondary N) is 2. The lowest BCUT2D eigenvalue weighted by molar-refractivity contribution is -0.121. The topological polar surface area (TPSA) is 115 Å². The van der Waals surface area contributed by atoms with Crippen molar-refractivity contribution in [3.63, 3.8) is 0 Å². The quantitative estimate of drug-likeness (QED) is 0.389. The van der Waals surface area contributed by atoms with Crippen molar-refractivity contribution in [2.24, 2.45) is 0 Å². The Morgan fingerprint density at radius 1 is 0.939 bits per heavy atom. The van der Waals surface area contributed by atoms with E-state index in [-0.39, 0.29) is 11.8 Å². The molecular formula is C24H24N6O3. The van der Waals surface area contributed by atoms with Gasteiger partial charge in [0.25, 0.3) is 5.91 Å². The molecule has 2 aromatic heterocycles. The molecule has 0 aliphatic rings. The number of tetrazole rings is 1. The standard InChI is InChI=1S/C24H24N6O3/c31-22(12-5-13-30-28-23(27-29-30)19-8-2-1-3-9-19)25-16-18-7-4-10-20(15-18)24(32)26-17-21-11-6-14-33-21/h1-4,6-11,14-15H,5,12-13,16-17H2,(H,25,31)(H,26,32). The van der Waals surface area contributed by atoms with Gasteiger partial charge in [0.05, 0.1) is 19.4 Å². The molecule has 0 spiro atoms. The minimum atomic E-state index is -0.199. The Morgan fingerprint density at radius 3 is 2.64 bits per heavy atom. The lowest BCUT2D eigenvalue weighted by atomic mass is 10.1. The summed E-state index contributed by atoms with van der Waals surface area (Å²) in [6.07, 6.45) is 2.49. The molecule has 0 radical (unpaired) electrons. The third-order valence-electron chi connectivity index (χ3n) is 4.93. The summed E-state index contributed by atoms with van der Waals surface area (Å²) in [7, 11) is 0. The Bertz CT molecular complexity index is 1190. The van der Waals surface area contributed by atoms with Crippen molar-refractivity contribution in [1.82, 2.24) is 30.8 Å². The van der Waals surface area contributed by atoms with E-state index < -0.39 is 0 Å². The lowest BCUT2D eigenvalue weighted by Crippen LogP contribution is -2.24. The summed E-state index contributed by atoms with van der Waals surface area (Å²) in [4.78, 5) is 26.1. The van der Waals surface area contributed by atoms with E-state index in [1.165, 1.54) is 4.80 Å². The van der Waals surface area contributed by atoms with Gasteiger partial charge in [-0.3, -0.25) is 9.59 Å². The number of furan rings is 1. The van der Waals surface area contributed by atoms with E-state index in [0.717, 1.165) is 11.1 Å². The van der Waals surface area contributed by atoms with Gasteiger partial charge in [0.15, 0.2) is 0 Å². The average Bonchev–Trinajstić information content (AvgIpc) is 3.54. The normalized spacial score (nSPS) is 10.7. The molecule has 2 heterocycles. The zero-order valence-electron chi connectivity index (χ0n) is 18.0. The lowest BCUT2D eigenvalue weighted by Gasteiger charge is -2.08. The van der Waals surface area contributed by atoms with E-state index in [9.17, 15) is 9.59 Å². The first-order chi connectivity index (χ1) is 16.2. The number of hydrogen-bond donors (Lipinski definition) is 2. The highest BCUT2D eigenvalue weighted by Crippen LogP contribution is 2.12. The molecule has 4 rings (SSSR count). The van der Waals surface area contributed by atoms with Gasteiger partial charge in [0.1, 0.15) is 5.76 Å². The molecule has 0 aliphatic heterocycles. The number of rotatable bonds is 10. The maximum Gasteiger partial charge on any atom is 0.251 e. The van der Waals surface area contributed by atoms with Crippen molar-refractivity contribution in [2.45, 2.75) is 32.5 Å². The van der Waals surface area contributed by atoms with E-state index >= 15 is 0 Å². The van der Waals surface area contributed by atoms with E-state index in [4.69, 9.17) is 4.42 Å². The van der Waals surface area contributed by atoms with Gasteiger partial charge in [-0.1, -0.05) is 42.5 Å². The number of benzene rings is 2. The highest BCUT2D eigenvalue weighted by molar-refractivity contribution is 5.94. The van der Waals surface area contributed by atoms with Crippen molar-refractivity contribution in [3.8, 4) is 11.4 Å². The van der Waals surface area contributed by atoms with Crippen LogP contribution in [0.15, 0.2) is 77.4 Å². The number of amides is 2. The molecule has 2 amide bonds. The fraction of sp³-hybridized carbons (Fsp3) is 0.208. The summed E-state index contributed by atoms with van der Waals surface area (Å²) in [5.74, 6) is 0.970. The Kier molecular flexibility index (Phi) is 7.22. The van der Waals surface area contributed by atoms with Gasteiger partial charge < -0.3 is 15.1 Å². The van der Waals surface area contributed by atoms with Gasteiger partial charge in [-0.25, -0.2) is 0 Å². The number of aromatic nitrogens is 4. The third kappa shape index (κ3) is 6.36. The molecule has 0 unspecified atom stereocenters. The highest BCUT2D eigenvalue weighted by atomic mass is 16.3. The molecule has 0 atom stereocenters. The van der Waals surface area contributed by atoms with Gasteiger partial charge in [-0.15, -0.1) is 10.2 Å². The highest BCUT2D eigenvalue weighted by Gasteiger charge is 2.09. The van der Waals surface area contributed by atoms with E-state index in [2.05, 4.69) is 26.0 Å². The SMILES string of the molecule is O=C(CCCn1nnc(-c2ccccc2)n1)NCc1cccc(C(=O)NCc2ccco2)c1. The van der Waals surface area contributed by atoms with Crippen LogP contribution in [0.5, 0.6) is 0 Å². The maximum atomic E-state index is 12.3. The summed E-state index contributed by atoms with van der Waals surface area (Å²) < 4.78 is 5.22. The largest absolute Gasteiger partial charge is 0.467 e. The summed E-state index contributed by atoms with van der Waals surface area (Å²) in [5, 5.41) is 18.1. The first-order valence-electron chi connectivity index (χ1n) is 10.7. The smallest absolute Gasteiger partial charge is 0.251 e. The number of hydrogen-bond acceptors (Lipinski definition) is 6. The molecule has 0 saturated heterocycles. The van der Waals surface area contributed by atoms with Crippen molar-refractivity contribution < 1.29 is 14.0 Å². The summed E-state index contributed by atoms with van der Waals surface area (Å²) in [6.45, 7) is 1.16. The molecule has 4 aromatic rings. The summed E-state index contributed by atoms with van der Waals surface area (Å²) in [6, 6.07) is 20.4. The second-order valence-electron chi connectivity index (χ2n) is 7.42.